The normalized spacial score (nSPS) is 14.8. The molecule has 0 aliphatic carbocycles. The van der Waals surface area contributed by atoms with Gasteiger partial charge in [0.2, 0.25) is 5.91 Å². The third-order valence-corrected chi connectivity index (χ3v) is 5.16. The summed E-state index contributed by atoms with van der Waals surface area (Å²) in [4.78, 5) is 35.4. The Bertz CT molecular complexity index is 1040. The van der Waals surface area contributed by atoms with Crippen molar-refractivity contribution in [1.82, 2.24) is 5.32 Å². The van der Waals surface area contributed by atoms with Crippen molar-refractivity contribution in [2.24, 2.45) is 0 Å². The summed E-state index contributed by atoms with van der Waals surface area (Å²) in [5, 5.41) is 11.8. The molecule has 0 atom stereocenters. The number of methoxy groups -OCH3 is 1. The van der Waals surface area contributed by atoms with Gasteiger partial charge in [0.1, 0.15) is 22.7 Å². The molecule has 0 bridgehead atoms. The molecule has 0 fully saturated rings. The first-order valence-electron chi connectivity index (χ1n) is 9.46. The molecular formula is C21H25NO7. The van der Waals surface area contributed by atoms with E-state index >= 15 is 0 Å². The lowest BCUT2D eigenvalue weighted by Crippen LogP contribution is -2.33. The van der Waals surface area contributed by atoms with Gasteiger partial charge in [-0.1, -0.05) is 0 Å². The van der Waals surface area contributed by atoms with Gasteiger partial charge < -0.3 is 24.3 Å². The minimum absolute atomic E-state index is 0.00389. The van der Waals surface area contributed by atoms with E-state index in [2.05, 4.69) is 5.32 Å². The SMILES string of the molecule is COc1cc2c(c3oc(=O)c(CC(=O)NCCC(=O)O)c(C)c13)CCC(C)(C)O2. The molecule has 1 aliphatic rings. The average molecular weight is 403 g/mol. The van der Waals surface area contributed by atoms with Crippen molar-refractivity contribution in [1.29, 1.82) is 0 Å². The lowest BCUT2D eigenvalue weighted by Gasteiger charge is -2.33. The number of carbonyl (C=O) groups excluding carboxylic acids is 1. The van der Waals surface area contributed by atoms with Gasteiger partial charge in [0, 0.05) is 18.2 Å². The van der Waals surface area contributed by atoms with E-state index in [4.69, 9.17) is 19.0 Å². The minimum Gasteiger partial charge on any atom is -0.496 e. The van der Waals surface area contributed by atoms with Crippen LogP contribution in [-0.2, 0) is 22.4 Å². The van der Waals surface area contributed by atoms with Crippen molar-refractivity contribution < 1.29 is 28.6 Å². The summed E-state index contributed by atoms with van der Waals surface area (Å²) in [5.41, 5.74) is 1.15. The molecule has 1 amide bonds. The molecular weight excluding hydrogens is 378 g/mol. The Kier molecular flexibility index (Phi) is 5.55. The fourth-order valence-corrected chi connectivity index (χ4v) is 3.58. The summed E-state index contributed by atoms with van der Waals surface area (Å²) in [6, 6.07) is 1.79. The summed E-state index contributed by atoms with van der Waals surface area (Å²) in [7, 11) is 1.53. The van der Waals surface area contributed by atoms with E-state index in [-0.39, 0.29) is 30.6 Å². The van der Waals surface area contributed by atoms with Crippen LogP contribution in [0.25, 0.3) is 11.0 Å². The third-order valence-electron chi connectivity index (χ3n) is 5.16. The maximum Gasteiger partial charge on any atom is 0.340 e. The third kappa shape index (κ3) is 4.21. The first kappa shape index (κ1) is 20.7. The first-order chi connectivity index (χ1) is 13.6. The molecule has 0 saturated carbocycles. The van der Waals surface area contributed by atoms with Crippen LogP contribution in [0.1, 0.15) is 43.4 Å². The predicted octanol–water partition coefficient (Wildman–Crippen LogP) is 2.35. The van der Waals surface area contributed by atoms with E-state index in [1.54, 1.807) is 13.0 Å². The Labute approximate surface area is 167 Å². The first-order valence-corrected chi connectivity index (χ1v) is 9.46. The molecule has 2 heterocycles. The summed E-state index contributed by atoms with van der Waals surface area (Å²) in [6.45, 7) is 5.75. The average Bonchev–Trinajstić information content (AvgIpc) is 2.62. The van der Waals surface area contributed by atoms with Crippen LogP contribution in [0.5, 0.6) is 11.5 Å². The molecule has 156 valence electrons. The number of benzene rings is 1. The van der Waals surface area contributed by atoms with Crippen molar-refractivity contribution >= 4 is 22.8 Å². The topological polar surface area (TPSA) is 115 Å². The molecule has 3 rings (SSSR count). The maximum absolute atomic E-state index is 12.7. The van der Waals surface area contributed by atoms with Crippen LogP contribution in [0.3, 0.4) is 0 Å². The molecule has 29 heavy (non-hydrogen) atoms. The van der Waals surface area contributed by atoms with Gasteiger partial charge in [-0.05, 0) is 39.2 Å². The van der Waals surface area contributed by atoms with Crippen molar-refractivity contribution in [3.8, 4) is 11.5 Å². The zero-order valence-corrected chi connectivity index (χ0v) is 17.0. The van der Waals surface area contributed by atoms with Gasteiger partial charge in [-0.25, -0.2) is 4.79 Å². The van der Waals surface area contributed by atoms with Crippen molar-refractivity contribution in [2.75, 3.05) is 13.7 Å². The minimum atomic E-state index is -1.01. The second kappa shape index (κ2) is 7.77. The van der Waals surface area contributed by atoms with Crippen LogP contribution < -0.4 is 20.4 Å². The predicted molar refractivity (Wildman–Crippen MR) is 106 cm³/mol. The Hall–Kier alpha value is -3.03. The maximum atomic E-state index is 12.7. The largest absolute Gasteiger partial charge is 0.496 e. The van der Waals surface area contributed by atoms with E-state index in [1.807, 2.05) is 13.8 Å². The number of amides is 1. The highest BCUT2D eigenvalue weighted by Crippen LogP contribution is 2.43. The Balaban J connectivity index is 2.04. The van der Waals surface area contributed by atoms with Gasteiger partial charge in [0.25, 0.3) is 0 Å². The highest BCUT2D eigenvalue weighted by Gasteiger charge is 2.31. The van der Waals surface area contributed by atoms with Crippen LogP contribution in [-0.4, -0.2) is 36.2 Å². The number of hydrogen-bond donors (Lipinski definition) is 2. The Morgan fingerprint density at radius 2 is 2.07 bits per heavy atom. The molecule has 2 N–H and O–H groups in total. The van der Waals surface area contributed by atoms with E-state index in [0.29, 0.717) is 34.5 Å². The molecule has 1 aromatic heterocycles. The van der Waals surface area contributed by atoms with Gasteiger partial charge in [0.15, 0.2) is 0 Å². The number of carboxylic acid groups (broad SMARTS) is 1. The number of carboxylic acids is 1. The monoisotopic (exact) mass is 403 g/mol. The molecule has 0 unspecified atom stereocenters. The number of aryl methyl sites for hydroxylation is 2. The van der Waals surface area contributed by atoms with Gasteiger partial charge in [-0.3, -0.25) is 9.59 Å². The van der Waals surface area contributed by atoms with Crippen molar-refractivity contribution in [3.05, 3.63) is 33.2 Å². The number of rotatable bonds is 6. The summed E-state index contributed by atoms with van der Waals surface area (Å²) in [6.07, 6.45) is 1.08. The highest BCUT2D eigenvalue weighted by atomic mass is 16.5. The molecule has 2 aromatic rings. The second-order valence-corrected chi connectivity index (χ2v) is 7.78. The molecule has 0 radical (unpaired) electrons. The number of ether oxygens (including phenoxy) is 2. The number of nitrogens with one attached hydrogen (secondary N) is 1. The van der Waals surface area contributed by atoms with Gasteiger partial charge in [-0.2, -0.15) is 0 Å². The standard InChI is InChI=1S/C21H25NO7/c1-11-13(9-16(23)22-8-6-17(24)25)20(26)28-19-12-5-7-21(2,3)29-14(12)10-15(27-4)18(11)19/h10H,5-9H2,1-4H3,(H,22,23)(H,24,25). The van der Waals surface area contributed by atoms with E-state index in [1.165, 1.54) is 7.11 Å². The van der Waals surface area contributed by atoms with Gasteiger partial charge in [-0.15, -0.1) is 0 Å². The van der Waals surface area contributed by atoms with Crippen LogP contribution >= 0.6 is 0 Å². The van der Waals surface area contributed by atoms with Crippen molar-refractivity contribution in [2.45, 2.75) is 52.1 Å². The molecule has 1 aliphatic heterocycles. The van der Waals surface area contributed by atoms with Crippen LogP contribution in [0.15, 0.2) is 15.3 Å². The Morgan fingerprint density at radius 3 is 2.72 bits per heavy atom. The lowest BCUT2D eigenvalue weighted by atomic mass is 9.91. The zero-order chi connectivity index (χ0) is 21.3. The molecule has 8 nitrogen and oxygen atoms in total. The van der Waals surface area contributed by atoms with E-state index < -0.39 is 17.5 Å². The summed E-state index contributed by atoms with van der Waals surface area (Å²) >= 11 is 0. The quantitative estimate of drug-likeness (QED) is 0.712. The van der Waals surface area contributed by atoms with Gasteiger partial charge in [0.05, 0.1) is 30.9 Å². The smallest absolute Gasteiger partial charge is 0.340 e. The highest BCUT2D eigenvalue weighted by molar-refractivity contribution is 5.93. The van der Waals surface area contributed by atoms with Crippen LogP contribution in [0.4, 0.5) is 0 Å². The number of carbonyl (C=O) groups is 2. The zero-order valence-electron chi connectivity index (χ0n) is 17.0. The molecule has 0 saturated heterocycles. The van der Waals surface area contributed by atoms with E-state index in [0.717, 1.165) is 12.0 Å². The number of hydrogen-bond acceptors (Lipinski definition) is 6. The van der Waals surface area contributed by atoms with Crippen LogP contribution in [0.2, 0.25) is 0 Å². The fourth-order valence-electron chi connectivity index (χ4n) is 3.58. The summed E-state index contributed by atoms with van der Waals surface area (Å²) in [5.74, 6) is -0.313. The lowest BCUT2D eigenvalue weighted by molar-refractivity contribution is -0.136. The number of fused-ring (bicyclic) bond motifs is 3. The summed E-state index contributed by atoms with van der Waals surface area (Å²) < 4.78 is 17.2. The Morgan fingerprint density at radius 1 is 1.34 bits per heavy atom. The molecule has 8 heteroatoms. The number of aliphatic carboxylic acids is 1. The molecule has 1 aromatic carbocycles. The van der Waals surface area contributed by atoms with Gasteiger partial charge >= 0.3 is 11.6 Å². The van der Waals surface area contributed by atoms with Crippen molar-refractivity contribution in [3.63, 3.8) is 0 Å². The van der Waals surface area contributed by atoms with E-state index in [9.17, 15) is 14.4 Å². The fraction of sp³-hybridized carbons (Fsp3) is 0.476. The molecule has 0 spiro atoms. The van der Waals surface area contributed by atoms with Crippen LogP contribution in [0, 0.1) is 6.92 Å². The second-order valence-electron chi connectivity index (χ2n) is 7.78.